The number of piperidine rings is 1. The highest BCUT2D eigenvalue weighted by molar-refractivity contribution is 5.67. The molecular weight excluding hydrogens is 280 g/mol. The zero-order valence-corrected chi connectivity index (χ0v) is 13.6. The summed E-state index contributed by atoms with van der Waals surface area (Å²) >= 11 is 0. The van der Waals surface area contributed by atoms with Crippen molar-refractivity contribution in [2.24, 2.45) is 5.92 Å². The molecule has 0 saturated carbocycles. The number of rotatable bonds is 3. The summed E-state index contributed by atoms with van der Waals surface area (Å²) < 4.78 is 5.25. The molecule has 0 atom stereocenters. The van der Waals surface area contributed by atoms with Gasteiger partial charge in [-0.25, -0.2) is 9.78 Å². The molecule has 0 spiro atoms. The molecule has 22 heavy (non-hydrogen) atoms. The molecule has 0 aromatic carbocycles. The van der Waals surface area contributed by atoms with Crippen LogP contribution in [0, 0.1) is 5.92 Å². The van der Waals surface area contributed by atoms with Crippen LogP contribution in [-0.4, -0.2) is 36.3 Å². The number of anilines is 2. The summed E-state index contributed by atoms with van der Waals surface area (Å²) in [6.07, 6.45) is 3.56. The van der Waals surface area contributed by atoms with Crippen LogP contribution < -0.4 is 16.0 Å². The summed E-state index contributed by atoms with van der Waals surface area (Å²) in [6, 6.07) is 3.83. The summed E-state index contributed by atoms with van der Waals surface area (Å²) in [6.45, 7) is 8.20. The van der Waals surface area contributed by atoms with Crippen molar-refractivity contribution in [3.05, 3.63) is 18.3 Å². The highest BCUT2D eigenvalue weighted by atomic mass is 16.6. The first-order chi connectivity index (χ1) is 10.3. The van der Waals surface area contributed by atoms with Gasteiger partial charge in [-0.2, -0.15) is 0 Å². The Hall–Kier alpha value is -1.98. The van der Waals surface area contributed by atoms with E-state index in [-0.39, 0.29) is 6.09 Å². The number of nitrogens with one attached hydrogen (secondary N) is 1. The zero-order chi connectivity index (χ0) is 16.2. The average molecular weight is 306 g/mol. The Morgan fingerprint density at radius 1 is 1.41 bits per heavy atom. The minimum Gasteiger partial charge on any atom is -0.444 e. The maximum atomic E-state index is 11.7. The molecule has 2 rings (SSSR count). The lowest BCUT2D eigenvalue weighted by molar-refractivity contribution is 0.0517. The summed E-state index contributed by atoms with van der Waals surface area (Å²) in [5.74, 6) is 1.03. The van der Waals surface area contributed by atoms with Gasteiger partial charge in [-0.05, 0) is 51.7 Å². The number of aromatic nitrogens is 1. The van der Waals surface area contributed by atoms with E-state index in [2.05, 4.69) is 15.2 Å². The van der Waals surface area contributed by atoms with Gasteiger partial charge in [-0.1, -0.05) is 0 Å². The van der Waals surface area contributed by atoms with E-state index in [0.29, 0.717) is 18.3 Å². The minimum absolute atomic E-state index is 0.335. The van der Waals surface area contributed by atoms with Crippen molar-refractivity contribution in [3.63, 3.8) is 0 Å². The number of nitrogen functional groups attached to an aromatic ring is 1. The number of amides is 1. The Labute approximate surface area is 132 Å². The third-order valence-corrected chi connectivity index (χ3v) is 3.68. The second kappa shape index (κ2) is 6.85. The van der Waals surface area contributed by atoms with Gasteiger partial charge in [0.1, 0.15) is 11.4 Å². The highest BCUT2D eigenvalue weighted by Crippen LogP contribution is 2.22. The Morgan fingerprint density at radius 2 is 2.09 bits per heavy atom. The molecule has 0 radical (unpaired) electrons. The normalized spacial score (nSPS) is 16.4. The van der Waals surface area contributed by atoms with Crippen molar-refractivity contribution in [1.82, 2.24) is 10.3 Å². The van der Waals surface area contributed by atoms with Crippen LogP contribution in [0.1, 0.15) is 33.6 Å². The Balaban J connectivity index is 1.73. The molecule has 0 bridgehead atoms. The van der Waals surface area contributed by atoms with Gasteiger partial charge in [-0.15, -0.1) is 0 Å². The predicted molar refractivity (Wildman–Crippen MR) is 87.8 cm³/mol. The molecular formula is C16H26N4O2. The van der Waals surface area contributed by atoms with Crippen LogP contribution in [-0.2, 0) is 4.74 Å². The molecule has 1 fully saturated rings. The van der Waals surface area contributed by atoms with Crippen molar-refractivity contribution in [2.75, 3.05) is 30.3 Å². The Morgan fingerprint density at radius 3 is 2.64 bits per heavy atom. The van der Waals surface area contributed by atoms with Gasteiger partial charge < -0.3 is 20.7 Å². The number of carbonyl (C=O) groups is 1. The molecule has 3 N–H and O–H groups in total. The van der Waals surface area contributed by atoms with E-state index in [1.165, 1.54) is 0 Å². The quantitative estimate of drug-likeness (QED) is 0.896. The zero-order valence-electron chi connectivity index (χ0n) is 13.6. The fourth-order valence-electron chi connectivity index (χ4n) is 2.52. The largest absolute Gasteiger partial charge is 0.444 e. The van der Waals surface area contributed by atoms with Gasteiger partial charge in [0.2, 0.25) is 0 Å². The van der Waals surface area contributed by atoms with Crippen LogP contribution in [0.15, 0.2) is 18.3 Å². The summed E-state index contributed by atoms with van der Waals surface area (Å²) in [4.78, 5) is 18.1. The summed E-state index contributed by atoms with van der Waals surface area (Å²) in [7, 11) is 0. The second-order valence-electron chi connectivity index (χ2n) is 6.75. The topological polar surface area (TPSA) is 80.5 Å². The molecule has 6 heteroatoms. The number of ether oxygens (including phenoxy) is 1. The van der Waals surface area contributed by atoms with E-state index in [1.807, 2.05) is 39.1 Å². The summed E-state index contributed by atoms with van der Waals surface area (Å²) in [5, 5.41) is 2.86. The van der Waals surface area contributed by atoms with Gasteiger partial charge >= 0.3 is 6.09 Å². The van der Waals surface area contributed by atoms with Gasteiger partial charge in [0.15, 0.2) is 0 Å². The number of carbonyl (C=O) groups excluding carboxylic acids is 1. The number of hydrogen-bond acceptors (Lipinski definition) is 5. The summed E-state index contributed by atoms with van der Waals surface area (Å²) in [5.41, 5.74) is 6.26. The molecule has 1 aliphatic rings. The van der Waals surface area contributed by atoms with E-state index in [4.69, 9.17) is 10.5 Å². The number of nitrogens with zero attached hydrogens (tertiary/aromatic N) is 2. The molecule has 122 valence electrons. The smallest absolute Gasteiger partial charge is 0.407 e. The third kappa shape index (κ3) is 5.09. The van der Waals surface area contributed by atoms with Crippen LogP contribution in [0.3, 0.4) is 0 Å². The monoisotopic (exact) mass is 306 g/mol. The van der Waals surface area contributed by atoms with Gasteiger partial charge in [0.05, 0.1) is 11.9 Å². The van der Waals surface area contributed by atoms with Crippen LogP contribution in [0.5, 0.6) is 0 Å². The fraction of sp³-hybridized carbons (Fsp3) is 0.625. The Bertz CT molecular complexity index is 488. The average Bonchev–Trinajstić information content (AvgIpc) is 2.45. The number of hydrogen-bond donors (Lipinski definition) is 2. The molecule has 1 aliphatic heterocycles. The number of pyridine rings is 1. The van der Waals surface area contributed by atoms with Gasteiger partial charge in [0.25, 0.3) is 0 Å². The standard InChI is InChI=1S/C16H26N4O2/c1-16(2,3)22-15(21)19-10-12-6-8-20(9-7-12)13-4-5-14(17)18-11-13/h4-5,11-12H,6-10H2,1-3H3,(H2,17,18)(H,19,21). The predicted octanol–water partition coefficient (Wildman–Crippen LogP) is 2.40. The van der Waals surface area contributed by atoms with E-state index in [1.54, 1.807) is 0 Å². The van der Waals surface area contributed by atoms with Crippen LogP contribution in [0.2, 0.25) is 0 Å². The van der Waals surface area contributed by atoms with Gasteiger partial charge in [0, 0.05) is 19.6 Å². The van der Waals surface area contributed by atoms with E-state index in [9.17, 15) is 4.79 Å². The van der Waals surface area contributed by atoms with Crippen molar-refractivity contribution in [2.45, 2.75) is 39.2 Å². The first-order valence-corrected chi connectivity index (χ1v) is 7.77. The molecule has 1 aromatic heterocycles. The molecule has 1 aromatic rings. The fourth-order valence-corrected chi connectivity index (χ4v) is 2.52. The molecule has 1 amide bonds. The molecule has 1 saturated heterocycles. The van der Waals surface area contributed by atoms with Crippen molar-refractivity contribution in [1.29, 1.82) is 0 Å². The van der Waals surface area contributed by atoms with Crippen LogP contribution in [0.25, 0.3) is 0 Å². The maximum absolute atomic E-state index is 11.7. The number of alkyl carbamates (subject to hydrolysis) is 1. The molecule has 0 unspecified atom stereocenters. The van der Waals surface area contributed by atoms with Gasteiger partial charge in [-0.3, -0.25) is 0 Å². The lowest BCUT2D eigenvalue weighted by Crippen LogP contribution is -2.40. The van der Waals surface area contributed by atoms with E-state index in [0.717, 1.165) is 31.6 Å². The van der Waals surface area contributed by atoms with Crippen LogP contribution >= 0.6 is 0 Å². The third-order valence-electron chi connectivity index (χ3n) is 3.68. The second-order valence-corrected chi connectivity index (χ2v) is 6.75. The molecule has 6 nitrogen and oxygen atoms in total. The van der Waals surface area contributed by atoms with E-state index < -0.39 is 5.60 Å². The maximum Gasteiger partial charge on any atom is 0.407 e. The number of nitrogens with two attached hydrogens (primary N) is 1. The Kier molecular flexibility index (Phi) is 5.11. The highest BCUT2D eigenvalue weighted by Gasteiger charge is 2.21. The van der Waals surface area contributed by atoms with Crippen molar-refractivity contribution >= 4 is 17.6 Å². The van der Waals surface area contributed by atoms with Crippen molar-refractivity contribution in [3.8, 4) is 0 Å². The van der Waals surface area contributed by atoms with Crippen LogP contribution in [0.4, 0.5) is 16.3 Å². The lowest BCUT2D eigenvalue weighted by atomic mass is 9.96. The first-order valence-electron chi connectivity index (χ1n) is 7.77. The minimum atomic E-state index is -0.449. The van der Waals surface area contributed by atoms with E-state index >= 15 is 0 Å². The van der Waals surface area contributed by atoms with Crippen molar-refractivity contribution < 1.29 is 9.53 Å². The SMILES string of the molecule is CC(C)(C)OC(=O)NCC1CCN(c2ccc(N)nc2)CC1. The lowest BCUT2D eigenvalue weighted by Gasteiger charge is -2.33. The molecule has 0 aliphatic carbocycles. The first kappa shape index (κ1) is 16.4. The molecule has 2 heterocycles.